The van der Waals surface area contributed by atoms with Crippen molar-refractivity contribution in [3.63, 3.8) is 0 Å². The van der Waals surface area contributed by atoms with Gasteiger partial charge in [0.05, 0.1) is 31.9 Å². The second-order valence-corrected chi connectivity index (χ2v) is 10.1. The normalized spacial score (nSPS) is 21.1. The lowest BCUT2D eigenvalue weighted by Crippen LogP contribution is -2.34. The fourth-order valence-electron chi connectivity index (χ4n) is 4.70. The zero-order valence-corrected chi connectivity index (χ0v) is 21.1. The lowest BCUT2D eigenvalue weighted by Gasteiger charge is -2.20. The van der Waals surface area contributed by atoms with Crippen LogP contribution in [0.25, 0.3) is 0 Å². The van der Waals surface area contributed by atoms with Crippen LogP contribution in [-0.4, -0.2) is 61.1 Å². The van der Waals surface area contributed by atoms with Gasteiger partial charge in [0, 0.05) is 42.3 Å². The van der Waals surface area contributed by atoms with E-state index in [0.717, 1.165) is 41.9 Å². The van der Waals surface area contributed by atoms with Gasteiger partial charge in [0.1, 0.15) is 6.10 Å². The fraction of sp³-hybridized carbons (Fsp3) is 0.577. The predicted octanol–water partition coefficient (Wildman–Crippen LogP) is 4.17. The highest BCUT2D eigenvalue weighted by molar-refractivity contribution is 7.09. The summed E-state index contributed by atoms with van der Waals surface area (Å²) in [4.78, 5) is 32.0. The number of ether oxygens (including phenoxy) is 3. The summed E-state index contributed by atoms with van der Waals surface area (Å²) < 4.78 is 17.0. The Morgan fingerprint density at radius 2 is 2.21 bits per heavy atom. The number of amides is 1. The lowest BCUT2D eigenvalue weighted by molar-refractivity contribution is -0.133. The van der Waals surface area contributed by atoms with Gasteiger partial charge in [-0.15, -0.1) is 11.3 Å². The SMILES string of the molecule is CCC(CCc1nc(C)cs1)C(=O)CN1C[C@H](c2ccc(OC)c(OC3CCOC3)c2)CC1=O. The molecule has 0 radical (unpaired) electrons. The van der Waals surface area contributed by atoms with Gasteiger partial charge in [0.15, 0.2) is 17.3 Å². The molecule has 2 fully saturated rings. The molecule has 0 saturated carbocycles. The molecule has 1 aromatic carbocycles. The second-order valence-electron chi connectivity index (χ2n) is 9.18. The highest BCUT2D eigenvalue weighted by Gasteiger charge is 2.33. The maximum absolute atomic E-state index is 13.0. The minimum absolute atomic E-state index is 0.0164. The Labute approximate surface area is 205 Å². The Morgan fingerprint density at radius 1 is 1.35 bits per heavy atom. The van der Waals surface area contributed by atoms with E-state index < -0.39 is 0 Å². The van der Waals surface area contributed by atoms with E-state index >= 15 is 0 Å². The largest absolute Gasteiger partial charge is 0.493 e. The van der Waals surface area contributed by atoms with Crippen LogP contribution in [0.5, 0.6) is 11.5 Å². The van der Waals surface area contributed by atoms with Gasteiger partial charge < -0.3 is 19.1 Å². The molecule has 2 aliphatic rings. The molecular weight excluding hydrogens is 452 g/mol. The monoisotopic (exact) mass is 486 g/mol. The summed E-state index contributed by atoms with van der Waals surface area (Å²) in [5.41, 5.74) is 2.06. The molecule has 2 aliphatic heterocycles. The molecule has 4 rings (SSSR count). The number of ketones is 1. The van der Waals surface area contributed by atoms with E-state index in [4.69, 9.17) is 14.2 Å². The molecule has 8 heteroatoms. The second kappa shape index (κ2) is 11.3. The number of aromatic nitrogens is 1. The molecule has 2 aromatic rings. The summed E-state index contributed by atoms with van der Waals surface area (Å²) in [5, 5.41) is 3.11. The molecule has 1 aromatic heterocycles. The topological polar surface area (TPSA) is 78.0 Å². The molecule has 3 heterocycles. The highest BCUT2D eigenvalue weighted by Crippen LogP contribution is 2.36. The van der Waals surface area contributed by atoms with Crippen LogP contribution in [0.1, 0.15) is 54.8 Å². The van der Waals surface area contributed by atoms with E-state index in [-0.39, 0.29) is 36.2 Å². The van der Waals surface area contributed by atoms with Crippen molar-refractivity contribution in [2.45, 2.75) is 58.0 Å². The number of benzene rings is 1. The van der Waals surface area contributed by atoms with Crippen molar-refractivity contribution in [1.29, 1.82) is 0 Å². The van der Waals surface area contributed by atoms with Crippen LogP contribution in [0.3, 0.4) is 0 Å². The van der Waals surface area contributed by atoms with Gasteiger partial charge in [0.2, 0.25) is 5.91 Å². The number of hydrogen-bond acceptors (Lipinski definition) is 7. The van der Waals surface area contributed by atoms with Crippen molar-refractivity contribution in [1.82, 2.24) is 9.88 Å². The first-order valence-electron chi connectivity index (χ1n) is 12.1. The van der Waals surface area contributed by atoms with E-state index in [2.05, 4.69) is 4.98 Å². The first-order valence-corrected chi connectivity index (χ1v) is 13.0. The first-order chi connectivity index (χ1) is 16.5. The van der Waals surface area contributed by atoms with Crippen LogP contribution < -0.4 is 9.47 Å². The van der Waals surface area contributed by atoms with Crippen LogP contribution in [0, 0.1) is 12.8 Å². The van der Waals surface area contributed by atoms with Gasteiger partial charge in [-0.3, -0.25) is 9.59 Å². The molecule has 0 N–H and O–H groups in total. The lowest BCUT2D eigenvalue weighted by atomic mass is 9.95. The molecule has 0 bridgehead atoms. The maximum atomic E-state index is 13.0. The zero-order valence-electron chi connectivity index (χ0n) is 20.2. The number of hydrogen-bond donors (Lipinski definition) is 0. The highest BCUT2D eigenvalue weighted by atomic mass is 32.1. The van der Waals surface area contributed by atoms with Gasteiger partial charge >= 0.3 is 0 Å². The minimum atomic E-state index is -0.0503. The van der Waals surface area contributed by atoms with Crippen LogP contribution in [0.2, 0.25) is 0 Å². The van der Waals surface area contributed by atoms with E-state index in [0.29, 0.717) is 37.7 Å². The summed E-state index contributed by atoms with van der Waals surface area (Å²) in [6.07, 6.45) is 3.63. The fourth-order valence-corrected chi connectivity index (χ4v) is 5.49. The third-order valence-corrected chi connectivity index (χ3v) is 7.75. The minimum Gasteiger partial charge on any atom is -0.493 e. The van der Waals surface area contributed by atoms with Crippen LogP contribution in [-0.2, 0) is 20.7 Å². The molecule has 3 atom stereocenters. The van der Waals surface area contributed by atoms with Crippen molar-refractivity contribution in [2.75, 3.05) is 33.4 Å². The molecule has 0 spiro atoms. The standard InChI is InChI=1S/C26H34N2O5S/c1-4-18(6-8-25-27-17(2)16-34-25)22(29)14-28-13-20(12-26(28)30)19-5-7-23(31-3)24(11-19)33-21-9-10-32-15-21/h5,7,11,16,18,20-21H,4,6,8-10,12-15H2,1-3H3/t18?,20-,21?/m1/s1. The number of thiazole rings is 1. The quantitative estimate of drug-likeness (QED) is 0.474. The molecule has 34 heavy (non-hydrogen) atoms. The number of likely N-dealkylation sites (tertiary alicyclic amines) is 1. The van der Waals surface area contributed by atoms with Crippen LogP contribution >= 0.6 is 11.3 Å². The number of carbonyl (C=O) groups is 2. The Hall–Kier alpha value is -2.45. The van der Waals surface area contributed by atoms with Gasteiger partial charge in [-0.05, 0) is 43.9 Å². The summed E-state index contributed by atoms with van der Waals surface area (Å²) in [5.74, 6) is 1.52. The van der Waals surface area contributed by atoms with Crippen LogP contribution in [0.15, 0.2) is 23.6 Å². The smallest absolute Gasteiger partial charge is 0.223 e. The molecule has 1 amide bonds. The van der Waals surface area contributed by atoms with Gasteiger partial charge in [-0.2, -0.15) is 0 Å². The van der Waals surface area contributed by atoms with Crippen molar-refractivity contribution in [3.05, 3.63) is 39.8 Å². The zero-order chi connectivity index (χ0) is 24.1. The summed E-state index contributed by atoms with van der Waals surface area (Å²) in [7, 11) is 1.62. The van der Waals surface area contributed by atoms with Crippen molar-refractivity contribution in [3.8, 4) is 11.5 Å². The van der Waals surface area contributed by atoms with Gasteiger partial charge in [-0.1, -0.05) is 13.0 Å². The average Bonchev–Trinajstić information content (AvgIpc) is 3.57. The number of nitrogens with zero attached hydrogens (tertiary/aromatic N) is 2. The summed E-state index contributed by atoms with van der Waals surface area (Å²) >= 11 is 1.65. The number of aryl methyl sites for hydroxylation is 2. The van der Waals surface area contributed by atoms with E-state index in [1.807, 2.05) is 37.4 Å². The Morgan fingerprint density at radius 3 is 2.88 bits per heavy atom. The maximum Gasteiger partial charge on any atom is 0.223 e. The molecule has 0 aliphatic carbocycles. The molecule has 184 valence electrons. The van der Waals surface area contributed by atoms with E-state index in [1.54, 1.807) is 23.3 Å². The molecular formula is C26H34N2O5S. The van der Waals surface area contributed by atoms with Crippen LogP contribution in [0.4, 0.5) is 0 Å². The van der Waals surface area contributed by atoms with Crippen molar-refractivity contribution < 1.29 is 23.8 Å². The third kappa shape index (κ3) is 5.96. The number of Topliss-reactive ketones (excluding diaryl/α,β-unsaturated/α-hetero) is 1. The molecule has 7 nitrogen and oxygen atoms in total. The number of methoxy groups -OCH3 is 1. The molecule has 2 unspecified atom stereocenters. The number of rotatable bonds is 11. The van der Waals surface area contributed by atoms with E-state index in [9.17, 15) is 9.59 Å². The predicted molar refractivity (Wildman–Crippen MR) is 131 cm³/mol. The summed E-state index contributed by atoms with van der Waals surface area (Å²) in [6, 6.07) is 5.86. The van der Waals surface area contributed by atoms with E-state index in [1.165, 1.54) is 0 Å². The van der Waals surface area contributed by atoms with Gasteiger partial charge in [-0.25, -0.2) is 4.98 Å². The van der Waals surface area contributed by atoms with Crippen molar-refractivity contribution >= 4 is 23.0 Å². The Kier molecular flexibility index (Phi) is 8.21. The summed E-state index contributed by atoms with van der Waals surface area (Å²) in [6.45, 7) is 6.03. The average molecular weight is 487 g/mol. The Bertz CT molecular complexity index is 1000. The third-order valence-electron chi connectivity index (χ3n) is 6.72. The first kappa shape index (κ1) is 24.7. The Balaban J connectivity index is 1.36. The molecule has 2 saturated heterocycles. The van der Waals surface area contributed by atoms with Gasteiger partial charge in [0.25, 0.3) is 0 Å². The van der Waals surface area contributed by atoms with Crippen molar-refractivity contribution in [2.24, 2.45) is 5.92 Å². The number of carbonyl (C=O) groups excluding carboxylic acids is 2.